The Labute approximate surface area is 213 Å². The molecule has 0 fully saturated rings. The molecule has 2 aromatic heterocycles. The summed E-state index contributed by atoms with van der Waals surface area (Å²) in [5, 5.41) is 9.58. The van der Waals surface area contributed by atoms with Crippen LogP contribution in [0.2, 0.25) is 0 Å². The van der Waals surface area contributed by atoms with Crippen molar-refractivity contribution in [3.8, 4) is 22.4 Å². The van der Waals surface area contributed by atoms with Gasteiger partial charge in [-0.2, -0.15) is 0 Å². The quantitative estimate of drug-likeness (QED) is 0.235. The molecule has 2 nitrogen and oxygen atoms in total. The molecule has 172 valence electrons. The van der Waals surface area contributed by atoms with E-state index in [-0.39, 0.29) is 0 Å². The van der Waals surface area contributed by atoms with E-state index in [1.54, 1.807) is 0 Å². The average molecular weight is 472 g/mol. The molecule has 0 saturated heterocycles. The number of rotatable bonds is 2. The van der Waals surface area contributed by atoms with E-state index in [4.69, 9.17) is 9.40 Å². The van der Waals surface area contributed by atoms with E-state index in [0.29, 0.717) is 0 Å². The molecule has 2 heterocycles. The fourth-order valence-electron chi connectivity index (χ4n) is 5.82. The van der Waals surface area contributed by atoms with Crippen molar-refractivity contribution in [2.24, 2.45) is 0 Å². The summed E-state index contributed by atoms with van der Waals surface area (Å²) in [5.41, 5.74) is 5.99. The molecular formula is C35H21NO. The number of furan rings is 1. The number of para-hydroxylation sites is 2. The van der Waals surface area contributed by atoms with Crippen molar-refractivity contribution < 1.29 is 4.42 Å². The molecule has 0 aliphatic heterocycles. The number of fused-ring (bicyclic) bond motifs is 8. The number of pyridine rings is 1. The van der Waals surface area contributed by atoms with Gasteiger partial charge < -0.3 is 4.42 Å². The molecule has 0 aliphatic carbocycles. The molecule has 0 N–H and O–H groups in total. The van der Waals surface area contributed by atoms with E-state index in [2.05, 4.69) is 115 Å². The van der Waals surface area contributed by atoms with E-state index in [9.17, 15) is 0 Å². The summed E-state index contributed by atoms with van der Waals surface area (Å²) >= 11 is 0. The normalized spacial score (nSPS) is 11.8. The second-order valence-electron chi connectivity index (χ2n) is 9.53. The molecule has 37 heavy (non-hydrogen) atoms. The maximum atomic E-state index is 6.68. The first-order valence-corrected chi connectivity index (χ1v) is 12.6. The first kappa shape index (κ1) is 20.3. The van der Waals surface area contributed by atoms with Crippen LogP contribution < -0.4 is 0 Å². The van der Waals surface area contributed by atoms with Crippen LogP contribution in [0.5, 0.6) is 0 Å². The second kappa shape index (κ2) is 7.78. The number of hydrogen-bond donors (Lipinski definition) is 0. The van der Waals surface area contributed by atoms with Crippen molar-refractivity contribution in [1.29, 1.82) is 0 Å². The maximum Gasteiger partial charge on any atom is 0.144 e. The molecule has 0 bridgehead atoms. The lowest BCUT2D eigenvalue weighted by molar-refractivity contribution is 0.671. The minimum Gasteiger partial charge on any atom is -0.455 e. The fourth-order valence-corrected chi connectivity index (χ4v) is 5.82. The minimum absolute atomic E-state index is 0.875. The molecule has 0 amide bonds. The Kier molecular flexibility index (Phi) is 4.26. The Hall–Kier alpha value is -4.95. The van der Waals surface area contributed by atoms with E-state index in [1.807, 2.05) is 12.3 Å². The van der Waals surface area contributed by atoms with Gasteiger partial charge in [0.25, 0.3) is 0 Å². The SMILES string of the molecule is c1ccc(-c2cccc3c2oc2c(-c4nccc5c4ccc4c6ccccc6ccc54)cccc23)cc1. The number of aromatic nitrogens is 1. The van der Waals surface area contributed by atoms with E-state index >= 15 is 0 Å². The molecule has 6 aromatic carbocycles. The van der Waals surface area contributed by atoms with Gasteiger partial charge in [0, 0.05) is 33.5 Å². The standard InChI is InChI=1S/C35H21NO/c1-2-8-22(9-3-1)25-12-6-13-30-31-14-7-15-32(35(31)37-34(25)30)33-29-19-18-26-24-11-5-4-10-23(24)16-17-27(26)28(29)20-21-36-33/h1-21H. The Morgan fingerprint density at radius 3 is 1.89 bits per heavy atom. The van der Waals surface area contributed by atoms with Crippen molar-refractivity contribution in [1.82, 2.24) is 4.98 Å². The molecule has 8 aromatic rings. The largest absolute Gasteiger partial charge is 0.455 e. The van der Waals surface area contributed by atoms with Crippen LogP contribution >= 0.6 is 0 Å². The Morgan fingerprint density at radius 1 is 0.405 bits per heavy atom. The Bertz CT molecular complexity index is 2140. The zero-order valence-electron chi connectivity index (χ0n) is 20.0. The van der Waals surface area contributed by atoms with E-state index in [1.165, 1.54) is 26.9 Å². The highest BCUT2D eigenvalue weighted by Gasteiger charge is 2.18. The van der Waals surface area contributed by atoms with Gasteiger partial charge in [-0.1, -0.05) is 109 Å². The third-order valence-corrected chi connectivity index (χ3v) is 7.53. The monoisotopic (exact) mass is 471 g/mol. The molecular weight excluding hydrogens is 450 g/mol. The Balaban J connectivity index is 1.42. The van der Waals surface area contributed by atoms with Crippen molar-refractivity contribution in [3.05, 3.63) is 128 Å². The molecule has 2 heteroatoms. The van der Waals surface area contributed by atoms with Gasteiger partial charge in [0.05, 0.1) is 5.69 Å². The highest BCUT2D eigenvalue weighted by Crippen LogP contribution is 2.41. The van der Waals surface area contributed by atoms with Crippen LogP contribution in [0.3, 0.4) is 0 Å². The minimum atomic E-state index is 0.875. The van der Waals surface area contributed by atoms with Crippen molar-refractivity contribution in [2.75, 3.05) is 0 Å². The smallest absolute Gasteiger partial charge is 0.144 e. The van der Waals surface area contributed by atoms with Gasteiger partial charge in [0.1, 0.15) is 11.2 Å². The molecule has 8 rings (SSSR count). The van der Waals surface area contributed by atoms with Crippen molar-refractivity contribution >= 4 is 54.3 Å². The van der Waals surface area contributed by atoms with Crippen LogP contribution in [0, 0.1) is 0 Å². The van der Waals surface area contributed by atoms with Crippen LogP contribution in [-0.4, -0.2) is 4.98 Å². The van der Waals surface area contributed by atoms with Crippen molar-refractivity contribution in [3.63, 3.8) is 0 Å². The summed E-state index contributed by atoms with van der Waals surface area (Å²) in [5.74, 6) is 0. The molecule has 0 radical (unpaired) electrons. The van der Waals surface area contributed by atoms with Crippen molar-refractivity contribution in [2.45, 2.75) is 0 Å². The van der Waals surface area contributed by atoms with Gasteiger partial charge in [-0.05, 0) is 44.6 Å². The third-order valence-electron chi connectivity index (χ3n) is 7.53. The lowest BCUT2D eigenvalue weighted by Gasteiger charge is -2.11. The average Bonchev–Trinajstić information content (AvgIpc) is 3.36. The summed E-state index contributed by atoms with van der Waals surface area (Å²) in [4.78, 5) is 4.89. The summed E-state index contributed by atoms with van der Waals surface area (Å²) in [6.45, 7) is 0. The molecule has 0 aliphatic rings. The third kappa shape index (κ3) is 2.96. The second-order valence-corrected chi connectivity index (χ2v) is 9.53. The van der Waals surface area contributed by atoms with Crippen LogP contribution in [0.25, 0.3) is 76.6 Å². The maximum absolute atomic E-state index is 6.68. The highest BCUT2D eigenvalue weighted by molar-refractivity contribution is 6.20. The van der Waals surface area contributed by atoms with Crippen LogP contribution in [0.15, 0.2) is 132 Å². The van der Waals surface area contributed by atoms with E-state index in [0.717, 1.165) is 49.7 Å². The van der Waals surface area contributed by atoms with Gasteiger partial charge in [0.2, 0.25) is 0 Å². The highest BCUT2D eigenvalue weighted by atomic mass is 16.3. The van der Waals surface area contributed by atoms with Gasteiger partial charge in [0.15, 0.2) is 0 Å². The van der Waals surface area contributed by atoms with Crippen LogP contribution in [-0.2, 0) is 0 Å². The van der Waals surface area contributed by atoms with E-state index < -0.39 is 0 Å². The molecule has 0 unspecified atom stereocenters. The number of hydrogen-bond acceptors (Lipinski definition) is 2. The number of nitrogens with zero attached hydrogens (tertiary/aromatic N) is 1. The first-order chi connectivity index (χ1) is 18.4. The summed E-state index contributed by atoms with van der Waals surface area (Å²) in [7, 11) is 0. The molecule has 0 saturated carbocycles. The topological polar surface area (TPSA) is 26.0 Å². The molecule has 0 spiro atoms. The fraction of sp³-hybridized carbons (Fsp3) is 0. The zero-order valence-corrected chi connectivity index (χ0v) is 20.0. The predicted molar refractivity (Wildman–Crippen MR) is 155 cm³/mol. The first-order valence-electron chi connectivity index (χ1n) is 12.6. The summed E-state index contributed by atoms with van der Waals surface area (Å²) < 4.78 is 6.68. The number of benzene rings is 6. The van der Waals surface area contributed by atoms with Crippen LogP contribution in [0.4, 0.5) is 0 Å². The van der Waals surface area contributed by atoms with Gasteiger partial charge in [-0.3, -0.25) is 4.98 Å². The van der Waals surface area contributed by atoms with Gasteiger partial charge in [-0.15, -0.1) is 0 Å². The zero-order chi connectivity index (χ0) is 24.3. The van der Waals surface area contributed by atoms with Gasteiger partial charge in [-0.25, -0.2) is 0 Å². The van der Waals surface area contributed by atoms with Gasteiger partial charge >= 0.3 is 0 Å². The Morgan fingerprint density at radius 2 is 1.03 bits per heavy atom. The predicted octanol–water partition coefficient (Wildman–Crippen LogP) is 9.77. The lowest BCUT2D eigenvalue weighted by Crippen LogP contribution is -1.88. The summed E-state index contributed by atoms with van der Waals surface area (Å²) in [6, 6.07) is 42.8. The lowest BCUT2D eigenvalue weighted by atomic mass is 9.95. The van der Waals surface area contributed by atoms with Crippen LogP contribution in [0.1, 0.15) is 0 Å². The molecule has 0 atom stereocenters. The summed E-state index contributed by atoms with van der Waals surface area (Å²) in [6.07, 6.45) is 1.92.